The van der Waals surface area contributed by atoms with Crippen LogP contribution in [0.1, 0.15) is 18.4 Å². The SMILES string of the molecule is C=CCO[C@H]1[C@H]2CC[C@H]1N(Cc1ccsc1)C2. The molecule has 2 heterocycles. The molecule has 92 valence electrons. The highest BCUT2D eigenvalue weighted by atomic mass is 32.1. The summed E-state index contributed by atoms with van der Waals surface area (Å²) < 4.78 is 5.93. The van der Waals surface area contributed by atoms with Crippen LogP contribution >= 0.6 is 11.3 Å². The monoisotopic (exact) mass is 249 g/mol. The lowest BCUT2D eigenvalue weighted by atomic mass is 10.1. The van der Waals surface area contributed by atoms with Gasteiger partial charge < -0.3 is 4.74 Å². The molecular formula is C14H19NOS. The molecule has 2 bridgehead atoms. The lowest BCUT2D eigenvalue weighted by Gasteiger charge is -2.26. The van der Waals surface area contributed by atoms with Crippen LogP contribution in [0.3, 0.4) is 0 Å². The molecule has 1 saturated carbocycles. The number of nitrogens with zero attached hydrogens (tertiary/aromatic N) is 1. The van der Waals surface area contributed by atoms with Crippen molar-refractivity contribution in [3.8, 4) is 0 Å². The quantitative estimate of drug-likeness (QED) is 0.744. The van der Waals surface area contributed by atoms with Gasteiger partial charge in [-0.1, -0.05) is 6.08 Å². The standard InChI is InChI=1S/C14H19NOS/c1-2-6-16-14-12-3-4-13(14)15(9-12)8-11-5-7-17-10-11/h2,5,7,10,12-14H,1,3-4,6,8-9H2/t12-,13+,14-/m0/s1. The third-order valence-corrected chi connectivity index (χ3v) is 4.72. The molecule has 1 saturated heterocycles. The van der Waals surface area contributed by atoms with E-state index in [0.717, 1.165) is 12.5 Å². The first-order valence-corrected chi connectivity index (χ1v) is 7.30. The molecule has 2 aliphatic rings. The molecule has 17 heavy (non-hydrogen) atoms. The van der Waals surface area contributed by atoms with E-state index in [0.29, 0.717) is 18.8 Å². The summed E-state index contributed by atoms with van der Waals surface area (Å²) in [6.07, 6.45) is 4.95. The molecule has 3 rings (SSSR count). The summed E-state index contributed by atoms with van der Waals surface area (Å²) >= 11 is 1.79. The number of fused-ring (bicyclic) bond motifs is 2. The van der Waals surface area contributed by atoms with Crippen molar-refractivity contribution in [2.75, 3.05) is 13.2 Å². The van der Waals surface area contributed by atoms with E-state index in [1.54, 1.807) is 11.3 Å². The summed E-state index contributed by atoms with van der Waals surface area (Å²) in [5.41, 5.74) is 1.45. The topological polar surface area (TPSA) is 12.5 Å². The zero-order valence-corrected chi connectivity index (χ0v) is 10.9. The minimum Gasteiger partial charge on any atom is -0.372 e. The predicted molar refractivity (Wildman–Crippen MR) is 71.2 cm³/mol. The molecule has 0 spiro atoms. The van der Waals surface area contributed by atoms with Crippen LogP contribution in [0.2, 0.25) is 0 Å². The maximum atomic E-state index is 5.93. The number of hydrogen-bond acceptors (Lipinski definition) is 3. The molecule has 0 N–H and O–H groups in total. The largest absolute Gasteiger partial charge is 0.372 e. The van der Waals surface area contributed by atoms with Crippen LogP contribution in [0, 0.1) is 5.92 Å². The van der Waals surface area contributed by atoms with E-state index in [9.17, 15) is 0 Å². The first-order chi connectivity index (χ1) is 8.38. The summed E-state index contributed by atoms with van der Waals surface area (Å²) in [4.78, 5) is 2.60. The maximum Gasteiger partial charge on any atom is 0.0774 e. The van der Waals surface area contributed by atoms with E-state index < -0.39 is 0 Å². The Morgan fingerprint density at radius 2 is 2.47 bits per heavy atom. The Bertz CT molecular complexity index is 376. The van der Waals surface area contributed by atoms with E-state index in [1.807, 2.05) is 6.08 Å². The van der Waals surface area contributed by atoms with Gasteiger partial charge in [0.15, 0.2) is 0 Å². The summed E-state index contributed by atoms with van der Waals surface area (Å²) in [5.74, 6) is 0.749. The number of likely N-dealkylation sites (tertiary alicyclic amines) is 1. The Morgan fingerprint density at radius 1 is 1.53 bits per heavy atom. The van der Waals surface area contributed by atoms with Gasteiger partial charge in [0, 0.05) is 19.1 Å². The fourth-order valence-electron chi connectivity index (χ4n) is 3.27. The maximum absolute atomic E-state index is 5.93. The van der Waals surface area contributed by atoms with Crippen molar-refractivity contribution in [3.63, 3.8) is 0 Å². The zero-order valence-electron chi connectivity index (χ0n) is 10.0. The molecule has 0 aromatic carbocycles. The van der Waals surface area contributed by atoms with Crippen molar-refractivity contribution in [2.24, 2.45) is 5.92 Å². The molecular weight excluding hydrogens is 230 g/mol. The zero-order chi connectivity index (χ0) is 11.7. The fourth-order valence-corrected chi connectivity index (χ4v) is 3.93. The number of thiophene rings is 1. The Labute approximate surface area is 107 Å². The summed E-state index contributed by atoms with van der Waals surface area (Å²) in [7, 11) is 0. The average Bonchev–Trinajstić information content (AvgIpc) is 3.02. The van der Waals surface area contributed by atoms with Crippen molar-refractivity contribution < 1.29 is 4.74 Å². The third kappa shape index (κ3) is 2.19. The van der Waals surface area contributed by atoms with Gasteiger partial charge in [-0.25, -0.2) is 0 Å². The van der Waals surface area contributed by atoms with E-state index in [-0.39, 0.29) is 0 Å². The van der Waals surface area contributed by atoms with Crippen LogP contribution in [-0.2, 0) is 11.3 Å². The molecule has 0 radical (unpaired) electrons. The Kier molecular flexibility index (Phi) is 3.32. The Hall–Kier alpha value is -0.640. The summed E-state index contributed by atoms with van der Waals surface area (Å²) in [5, 5.41) is 4.42. The molecule has 1 aliphatic carbocycles. The number of piperidine rings is 1. The highest BCUT2D eigenvalue weighted by Crippen LogP contribution is 2.40. The van der Waals surface area contributed by atoms with Gasteiger partial charge in [0.1, 0.15) is 0 Å². The minimum atomic E-state index is 0.451. The molecule has 2 nitrogen and oxygen atoms in total. The predicted octanol–water partition coefficient (Wildman–Crippen LogP) is 2.91. The molecule has 0 amide bonds. The van der Waals surface area contributed by atoms with Crippen LogP contribution in [0.4, 0.5) is 0 Å². The first kappa shape index (κ1) is 11.5. The van der Waals surface area contributed by atoms with Crippen LogP contribution in [0.5, 0.6) is 0 Å². The minimum absolute atomic E-state index is 0.451. The van der Waals surface area contributed by atoms with Gasteiger partial charge in [-0.2, -0.15) is 11.3 Å². The van der Waals surface area contributed by atoms with Crippen LogP contribution < -0.4 is 0 Å². The van der Waals surface area contributed by atoms with Crippen molar-refractivity contribution in [2.45, 2.75) is 31.5 Å². The van der Waals surface area contributed by atoms with E-state index in [1.165, 1.54) is 24.9 Å². The van der Waals surface area contributed by atoms with Gasteiger partial charge in [-0.15, -0.1) is 6.58 Å². The van der Waals surface area contributed by atoms with Gasteiger partial charge >= 0.3 is 0 Å². The fraction of sp³-hybridized carbons (Fsp3) is 0.571. The average molecular weight is 249 g/mol. The second kappa shape index (κ2) is 4.92. The van der Waals surface area contributed by atoms with Crippen molar-refractivity contribution >= 4 is 11.3 Å². The Balaban J connectivity index is 1.63. The van der Waals surface area contributed by atoms with Crippen LogP contribution in [0.25, 0.3) is 0 Å². The van der Waals surface area contributed by atoms with Crippen LogP contribution in [-0.4, -0.2) is 30.2 Å². The number of ether oxygens (including phenoxy) is 1. The highest BCUT2D eigenvalue weighted by Gasteiger charge is 2.47. The van der Waals surface area contributed by atoms with E-state index in [4.69, 9.17) is 4.74 Å². The van der Waals surface area contributed by atoms with Crippen molar-refractivity contribution in [1.82, 2.24) is 4.90 Å². The van der Waals surface area contributed by atoms with Gasteiger partial charge in [-0.05, 0) is 41.1 Å². The molecule has 1 aromatic heterocycles. The lowest BCUT2D eigenvalue weighted by Crippen LogP contribution is -2.34. The molecule has 3 atom stereocenters. The number of rotatable bonds is 5. The second-order valence-corrected chi connectivity index (χ2v) is 5.83. The van der Waals surface area contributed by atoms with Crippen molar-refractivity contribution in [1.29, 1.82) is 0 Å². The summed E-state index contributed by atoms with van der Waals surface area (Å²) in [6.45, 7) is 6.74. The molecule has 0 unspecified atom stereocenters. The van der Waals surface area contributed by atoms with E-state index in [2.05, 4.69) is 28.3 Å². The summed E-state index contributed by atoms with van der Waals surface area (Å²) in [6, 6.07) is 2.87. The van der Waals surface area contributed by atoms with Gasteiger partial charge in [0.2, 0.25) is 0 Å². The van der Waals surface area contributed by atoms with Gasteiger partial charge in [-0.3, -0.25) is 4.90 Å². The molecule has 2 fully saturated rings. The second-order valence-electron chi connectivity index (χ2n) is 5.05. The molecule has 1 aromatic rings. The molecule has 1 aliphatic heterocycles. The van der Waals surface area contributed by atoms with Gasteiger partial charge in [0.25, 0.3) is 0 Å². The van der Waals surface area contributed by atoms with Crippen molar-refractivity contribution in [3.05, 3.63) is 35.0 Å². The van der Waals surface area contributed by atoms with Crippen LogP contribution in [0.15, 0.2) is 29.5 Å². The Morgan fingerprint density at radius 3 is 3.24 bits per heavy atom. The smallest absolute Gasteiger partial charge is 0.0774 e. The normalized spacial score (nSPS) is 32.1. The number of hydrogen-bond donors (Lipinski definition) is 0. The lowest BCUT2D eigenvalue weighted by molar-refractivity contribution is 0.0446. The first-order valence-electron chi connectivity index (χ1n) is 6.36. The third-order valence-electron chi connectivity index (χ3n) is 3.99. The van der Waals surface area contributed by atoms with E-state index >= 15 is 0 Å². The highest BCUT2D eigenvalue weighted by molar-refractivity contribution is 7.07. The van der Waals surface area contributed by atoms with Gasteiger partial charge in [0.05, 0.1) is 12.7 Å². The molecule has 3 heteroatoms.